The van der Waals surface area contributed by atoms with Crippen molar-refractivity contribution in [1.82, 2.24) is 24.2 Å². The zero-order valence-corrected chi connectivity index (χ0v) is 17.3. The Kier molecular flexibility index (Phi) is 5.13. The maximum Gasteiger partial charge on any atom is 0.247 e. The minimum absolute atomic E-state index is 0.0866. The van der Waals surface area contributed by atoms with Gasteiger partial charge in [0.1, 0.15) is 16.7 Å². The van der Waals surface area contributed by atoms with Gasteiger partial charge in [-0.1, -0.05) is 19.0 Å². The summed E-state index contributed by atoms with van der Waals surface area (Å²) in [6, 6.07) is 6.26. The molecule has 0 saturated carbocycles. The molecule has 0 unspecified atom stereocenters. The van der Waals surface area contributed by atoms with E-state index in [-0.39, 0.29) is 16.6 Å². The summed E-state index contributed by atoms with van der Waals surface area (Å²) in [7, 11) is -2.41. The number of benzene rings is 1. The zero-order valence-electron chi connectivity index (χ0n) is 16.5. The number of nitrogens with zero attached hydrogens (tertiary/aromatic N) is 5. The van der Waals surface area contributed by atoms with Gasteiger partial charge in [0.15, 0.2) is 5.82 Å². The molecule has 154 valence electrons. The lowest BCUT2D eigenvalue weighted by molar-refractivity contribution is 0.288. The summed E-state index contributed by atoms with van der Waals surface area (Å²) in [5, 5.41) is 8.17. The molecule has 1 aromatic carbocycles. The summed E-state index contributed by atoms with van der Waals surface area (Å²) in [5.74, 6) is 1.28. The number of sulfonamides is 1. The molecule has 4 rings (SSSR count). The maximum atomic E-state index is 13.6. The first-order chi connectivity index (χ1) is 13.9. The average molecular weight is 417 g/mol. The Morgan fingerprint density at radius 2 is 2.14 bits per heavy atom. The first-order valence-electron chi connectivity index (χ1n) is 9.45. The molecule has 0 spiro atoms. The van der Waals surface area contributed by atoms with Gasteiger partial charge in [-0.2, -0.15) is 14.4 Å². The van der Waals surface area contributed by atoms with E-state index in [0.717, 1.165) is 0 Å². The highest BCUT2D eigenvalue weighted by atomic mass is 32.2. The number of ether oxygens (including phenoxy) is 1. The maximum absolute atomic E-state index is 13.6. The molecular formula is C19H23N5O4S. The van der Waals surface area contributed by atoms with Crippen LogP contribution in [0.2, 0.25) is 0 Å². The van der Waals surface area contributed by atoms with Crippen LogP contribution in [-0.4, -0.2) is 46.3 Å². The molecule has 0 radical (unpaired) electrons. The molecule has 1 aliphatic heterocycles. The third-order valence-corrected chi connectivity index (χ3v) is 6.89. The third-order valence-electron chi connectivity index (χ3n) is 4.97. The summed E-state index contributed by atoms with van der Waals surface area (Å²) in [6.45, 7) is 4.30. The predicted octanol–water partition coefficient (Wildman–Crippen LogP) is 2.91. The fourth-order valence-corrected chi connectivity index (χ4v) is 5.28. The van der Waals surface area contributed by atoms with E-state index < -0.39 is 16.1 Å². The Hall–Kier alpha value is -2.72. The molecule has 1 atom stereocenters. The van der Waals surface area contributed by atoms with E-state index in [9.17, 15) is 8.42 Å². The Morgan fingerprint density at radius 1 is 1.31 bits per heavy atom. The molecule has 9 nitrogen and oxygen atoms in total. The van der Waals surface area contributed by atoms with Gasteiger partial charge in [0, 0.05) is 24.9 Å². The summed E-state index contributed by atoms with van der Waals surface area (Å²) >= 11 is 0. The van der Waals surface area contributed by atoms with Gasteiger partial charge >= 0.3 is 0 Å². The van der Waals surface area contributed by atoms with Gasteiger partial charge in [0.2, 0.25) is 15.9 Å². The molecule has 1 saturated heterocycles. The van der Waals surface area contributed by atoms with Crippen molar-refractivity contribution in [2.75, 3.05) is 13.7 Å². The normalized spacial score (nSPS) is 17.9. The van der Waals surface area contributed by atoms with Crippen molar-refractivity contribution in [3.63, 3.8) is 0 Å². The number of hydrogen-bond acceptors (Lipinski definition) is 7. The smallest absolute Gasteiger partial charge is 0.247 e. The van der Waals surface area contributed by atoms with Crippen LogP contribution in [0.4, 0.5) is 0 Å². The second-order valence-corrected chi connectivity index (χ2v) is 9.06. The lowest BCUT2D eigenvalue weighted by Crippen LogP contribution is -2.31. The lowest BCUT2D eigenvalue weighted by Gasteiger charge is -2.23. The van der Waals surface area contributed by atoms with Crippen LogP contribution < -0.4 is 4.74 Å². The molecule has 3 aromatic rings. The molecule has 3 heterocycles. The summed E-state index contributed by atoms with van der Waals surface area (Å²) < 4.78 is 41.0. The highest BCUT2D eigenvalue weighted by Crippen LogP contribution is 2.39. The van der Waals surface area contributed by atoms with Crippen LogP contribution in [0.1, 0.15) is 50.4 Å². The molecule has 29 heavy (non-hydrogen) atoms. The number of rotatable bonds is 6. The SMILES string of the molecule is COc1ccc(-n2cccn2)cc1S(=O)(=O)N1CCC[C@H]1c1nc(C(C)C)no1. The molecule has 0 amide bonds. The van der Waals surface area contributed by atoms with Crippen LogP contribution in [0.25, 0.3) is 5.69 Å². The van der Waals surface area contributed by atoms with E-state index in [1.165, 1.54) is 11.4 Å². The minimum Gasteiger partial charge on any atom is -0.495 e. The second-order valence-electron chi connectivity index (χ2n) is 7.21. The quantitative estimate of drug-likeness (QED) is 0.607. The monoisotopic (exact) mass is 417 g/mol. The van der Waals surface area contributed by atoms with Crippen molar-refractivity contribution >= 4 is 10.0 Å². The topological polar surface area (TPSA) is 103 Å². The molecule has 1 fully saturated rings. The van der Waals surface area contributed by atoms with Crippen molar-refractivity contribution in [3.05, 3.63) is 48.4 Å². The van der Waals surface area contributed by atoms with Gasteiger partial charge in [0.25, 0.3) is 0 Å². The van der Waals surface area contributed by atoms with Gasteiger partial charge < -0.3 is 9.26 Å². The molecule has 0 N–H and O–H groups in total. The lowest BCUT2D eigenvalue weighted by atomic mass is 10.2. The van der Waals surface area contributed by atoms with Crippen LogP contribution in [0.15, 0.2) is 46.1 Å². The highest BCUT2D eigenvalue weighted by molar-refractivity contribution is 7.89. The highest BCUT2D eigenvalue weighted by Gasteiger charge is 2.40. The average Bonchev–Trinajstić information content (AvgIpc) is 3.48. The van der Waals surface area contributed by atoms with Gasteiger partial charge in [0.05, 0.1) is 12.8 Å². The molecule has 2 aromatic heterocycles. The fraction of sp³-hybridized carbons (Fsp3) is 0.421. The van der Waals surface area contributed by atoms with E-state index in [0.29, 0.717) is 36.8 Å². The Labute approximate surface area is 169 Å². The van der Waals surface area contributed by atoms with Crippen LogP contribution >= 0.6 is 0 Å². The zero-order chi connectivity index (χ0) is 20.6. The molecule has 1 aliphatic rings. The first kappa shape index (κ1) is 19.6. The van der Waals surface area contributed by atoms with Crippen molar-refractivity contribution in [1.29, 1.82) is 0 Å². The summed E-state index contributed by atoms with van der Waals surface area (Å²) in [6.07, 6.45) is 4.73. The van der Waals surface area contributed by atoms with Gasteiger partial charge in [-0.15, -0.1) is 0 Å². The Balaban J connectivity index is 1.74. The molecule has 10 heteroatoms. The van der Waals surface area contributed by atoms with E-state index in [1.807, 2.05) is 13.8 Å². The van der Waals surface area contributed by atoms with E-state index in [1.54, 1.807) is 41.3 Å². The largest absolute Gasteiger partial charge is 0.495 e. The van der Waals surface area contributed by atoms with E-state index >= 15 is 0 Å². The van der Waals surface area contributed by atoms with Crippen molar-refractivity contribution in [3.8, 4) is 11.4 Å². The number of methoxy groups -OCH3 is 1. The van der Waals surface area contributed by atoms with Gasteiger partial charge in [-0.25, -0.2) is 13.1 Å². The second kappa shape index (κ2) is 7.60. The third kappa shape index (κ3) is 3.53. The minimum atomic E-state index is -3.86. The number of aromatic nitrogens is 4. The van der Waals surface area contributed by atoms with Gasteiger partial charge in [-0.3, -0.25) is 0 Å². The van der Waals surface area contributed by atoms with Crippen LogP contribution in [0.3, 0.4) is 0 Å². The van der Waals surface area contributed by atoms with Gasteiger partial charge in [-0.05, 0) is 37.1 Å². The summed E-state index contributed by atoms with van der Waals surface area (Å²) in [4.78, 5) is 4.51. The number of hydrogen-bond donors (Lipinski definition) is 0. The summed E-state index contributed by atoms with van der Waals surface area (Å²) in [5.41, 5.74) is 0.630. The van der Waals surface area contributed by atoms with Crippen LogP contribution in [0.5, 0.6) is 5.75 Å². The Morgan fingerprint density at radius 3 is 2.79 bits per heavy atom. The van der Waals surface area contributed by atoms with E-state index in [2.05, 4.69) is 15.2 Å². The molecular weight excluding hydrogens is 394 g/mol. The first-order valence-corrected chi connectivity index (χ1v) is 10.9. The van der Waals surface area contributed by atoms with E-state index in [4.69, 9.17) is 9.26 Å². The predicted molar refractivity (Wildman–Crippen MR) is 104 cm³/mol. The molecule has 0 bridgehead atoms. The fourth-order valence-electron chi connectivity index (χ4n) is 3.45. The van der Waals surface area contributed by atoms with Crippen LogP contribution in [0, 0.1) is 0 Å². The van der Waals surface area contributed by atoms with Crippen molar-refractivity contribution in [2.45, 2.75) is 43.5 Å². The van der Waals surface area contributed by atoms with Crippen molar-refractivity contribution in [2.24, 2.45) is 0 Å². The van der Waals surface area contributed by atoms with Crippen LogP contribution in [-0.2, 0) is 10.0 Å². The Bertz CT molecular complexity index is 1090. The standard InChI is InChI=1S/C19H23N5O4S/c1-13(2)18-21-19(28-22-18)15-6-4-11-24(15)29(25,26)17-12-14(7-8-16(17)27-3)23-10-5-9-20-23/h5,7-10,12-13,15H,4,6,11H2,1-3H3/t15-/m0/s1. The molecule has 0 aliphatic carbocycles. The van der Waals surface area contributed by atoms with Crippen molar-refractivity contribution < 1.29 is 17.7 Å².